The maximum absolute atomic E-state index is 12.5. The molecule has 2 rings (SSSR count). The number of carbonyl (C=O) groups is 1. The SMILES string of the molecule is CC1(C)NC(=O)CCC1Nc1ncc(C(F)(F)F)s1. The highest BCUT2D eigenvalue weighted by Crippen LogP contribution is 2.36. The number of nitrogens with zero attached hydrogens (tertiary/aromatic N) is 1. The molecule has 8 heteroatoms. The highest BCUT2D eigenvalue weighted by molar-refractivity contribution is 7.15. The van der Waals surface area contributed by atoms with Crippen LogP contribution in [0.1, 0.15) is 31.6 Å². The lowest BCUT2D eigenvalue weighted by molar-refractivity contribution is -0.134. The quantitative estimate of drug-likeness (QED) is 0.881. The number of aromatic nitrogens is 1. The van der Waals surface area contributed by atoms with Crippen molar-refractivity contribution in [2.75, 3.05) is 5.32 Å². The van der Waals surface area contributed by atoms with Crippen molar-refractivity contribution in [2.24, 2.45) is 0 Å². The van der Waals surface area contributed by atoms with Crippen LogP contribution in [0.4, 0.5) is 18.3 Å². The van der Waals surface area contributed by atoms with E-state index >= 15 is 0 Å². The summed E-state index contributed by atoms with van der Waals surface area (Å²) in [7, 11) is 0. The molecule has 1 aromatic rings. The van der Waals surface area contributed by atoms with Crippen LogP contribution in [0.5, 0.6) is 0 Å². The summed E-state index contributed by atoms with van der Waals surface area (Å²) in [5.74, 6) is -0.0434. The van der Waals surface area contributed by atoms with Crippen molar-refractivity contribution in [2.45, 2.75) is 44.4 Å². The average Bonchev–Trinajstić information content (AvgIpc) is 2.69. The van der Waals surface area contributed by atoms with E-state index < -0.39 is 16.6 Å². The largest absolute Gasteiger partial charge is 0.427 e. The molecule has 0 bridgehead atoms. The maximum Gasteiger partial charge on any atom is 0.427 e. The Balaban J connectivity index is 2.09. The zero-order valence-electron chi connectivity index (χ0n) is 10.5. The summed E-state index contributed by atoms with van der Waals surface area (Å²) in [5, 5.41) is 6.02. The van der Waals surface area contributed by atoms with Crippen molar-refractivity contribution in [1.82, 2.24) is 10.3 Å². The number of piperidine rings is 1. The van der Waals surface area contributed by atoms with Crippen LogP contribution in [0.2, 0.25) is 0 Å². The first-order valence-electron chi connectivity index (χ1n) is 5.79. The molecule has 1 saturated heterocycles. The first kappa shape index (κ1) is 14.1. The minimum absolute atomic E-state index is 0.0434. The molecule has 106 valence electrons. The third-order valence-electron chi connectivity index (χ3n) is 3.08. The predicted molar refractivity (Wildman–Crippen MR) is 66.0 cm³/mol. The summed E-state index contributed by atoms with van der Waals surface area (Å²) < 4.78 is 37.4. The molecule has 0 spiro atoms. The third kappa shape index (κ3) is 3.17. The molecule has 0 aliphatic carbocycles. The molecule has 0 radical (unpaired) electrons. The van der Waals surface area contributed by atoms with E-state index in [1.54, 1.807) is 0 Å². The number of anilines is 1. The van der Waals surface area contributed by atoms with Gasteiger partial charge in [0.2, 0.25) is 5.91 Å². The number of carbonyl (C=O) groups excluding carboxylic acids is 1. The monoisotopic (exact) mass is 293 g/mol. The van der Waals surface area contributed by atoms with Crippen LogP contribution >= 0.6 is 11.3 Å². The van der Waals surface area contributed by atoms with Crippen molar-refractivity contribution < 1.29 is 18.0 Å². The minimum atomic E-state index is -4.37. The van der Waals surface area contributed by atoms with Gasteiger partial charge in [-0.25, -0.2) is 4.98 Å². The molecular weight excluding hydrogens is 279 g/mol. The van der Waals surface area contributed by atoms with E-state index in [-0.39, 0.29) is 17.1 Å². The van der Waals surface area contributed by atoms with Crippen LogP contribution in [0.3, 0.4) is 0 Å². The van der Waals surface area contributed by atoms with Gasteiger partial charge in [0.1, 0.15) is 4.88 Å². The predicted octanol–water partition coefficient (Wildman–Crippen LogP) is 2.63. The zero-order chi connectivity index (χ0) is 14.3. The standard InChI is InChI=1S/C11H14F3N3OS/c1-10(2)6(3-4-8(18)17-10)16-9-15-5-7(19-9)11(12,13)14/h5-6H,3-4H2,1-2H3,(H,15,16)(H,17,18). The Labute approximate surface area is 112 Å². The molecule has 2 heterocycles. The number of nitrogens with one attached hydrogen (secondary N) is 2. The second kappa shape index (κ2) is 4.66. The summed E-state index contributed by atoms with van der Waals surface area (Å²) in [6.45, 7) is 3.67. The van der Waals surface area contributed by atoms with Gasteiger partial charge in [0.25, 0.3) is 0 Å². The van der Waals surface area contributed by atoms with Gasteiger partial charge in [-0.1, -0.05) is 11.3 Å². The van der Waals surface area contributed by atoms with Crippen molar-refractivity contribution >= 4 is 22.4 Å². The second-order valence-electron chi connectivity index (χ2n) is 5.03. The van der Waals surface area contributed by atoms with Gasteiger partial charge in [-0.15, -0.1) is 0 Å². The summed E-state index contributed by atoms with van der Waals surface area (Å²) in [6.07, 6.45) is -2.62. The summed E-state index contributed by atoms with van der Waals surface area (Å²) in [6, 6.07) is -0.141. The Morgan fingerprint density at radius 3 is 2.74 bits per heavy atom. The summed E-state index contributed by atoms with van der Waals surface area (Å²) in [5.41, 5.74) is -0.514. The fourth-order valence-electron chi connectivity index (χ4n) is 2.02. The van der Waals surface area contributed by atoms with Gasteiger partial charge >= 0.3 is 6.18 Å². The van der Waals surface area contributed by atoms with Crippen LogP contribution in [0.15, 0.2) is 6.20 Å². The van der Waals surface area contributed by atoms with Crippen LogP contribution in [-0.4, -0.2) is 22.5 Å². The first-order valence-corrected chi connectivity index (χ1v) is 6.61. The number of hydrogen-bond acceptors (Lipinski definition) is 4. The van der Waals surface area contributed by atoms with Gasteiger partial charge in [-0.3, -0.25) is 4.79 Å². The van der Waals surface area contributed by atoms with Crippen LogP contribution < -0.4 is 10.6 Å². The normalized spacial score (nSPS) is 23.0. The first-order chi connectivity index (χ1) is 8.68. The van der Waals surface area contributed by atoms with Crippen LogP contribution in [0, 0.1) is 0 Å². The topological polar surface area (TPSA) is 54.0 Å². The van der Waals surface area contributed by atoms with Gasteiger partial charge in [-0.2, -0.15) is 13.2 Å². The van der Waals surface area contributed by atoms with Crippen molar-refractivity contribution in [3.63, 3.8) is 0 Å². The molecule has 1 aromatic heterocycles. The Hall–Kier alpha value is -1.31. The van der Waals surface area contributed by atoms with Crippen molar-refractivity contribution in [3.05, 3.63) is 11.1 Å². The van der Waals surface area contributed by atoms with Gasteiger partial charge in [0.05, 0.1) is 17.8 Å². The molecule has 1 unspecified atom stereocenters. The second-order valence-corrected chi connectivity index (χ2v) is 6.06. The van der Waals surface area contributed by atoms with E-state index in [1.807, 2.05) is 13.8 Å². The van der Waals surface area contributed by atoms with Crippen LogP contribution in [-0.2, 0) is 11.0 Å². The fourth-order valence-corrected chi connectivity index (χ4v) is 2.75. The molecule has 0 saturated carbocycles. The van der Waals surface area contributed by atoms with Crippen molar-refractivity contribution in [1.29, 1.82) is 0 Å². The highest BCUT2D eigenvalue weighted by Gasteiger charge is 2.37. The molecule has 19 heavy (non-hydrogen) atoms. The lowest BCUT2D eigenvalue weighted by Gasteiger charge is -2.39. The Morgan fingerprint density at radius 2 is 2.21 bits per heavy atom. The molecule has 0 aromatic carbocycles. The Kier molecular flexibility index (Phi) is 3.46. The smallest absolute Gasteiger partial charge is 0.356 e. The molecule has 2 N–H and O–H groups in total. The number of rotatable bonds is 2. The molecule has 1 fully saturated rings. The average molecular weight is 293 g/mol. The maximum atomic E-state index is 12.5. The zero-order valence-corrected chi connectivity index (χ0v) is 11.3. The minimum Gasteiger partial charge on any atom is -0.356 e. The van der Waals surface area contributed by atoms with E-state index in [4.69, 9.17) is 0 Å². The van der Waals surface area contributed by atoms with Gasteiger partial charge in [0, 0.05) is 6.42 Å². The van der Waals surface area contributed by atoms with Crippen molar-refractivity contribution in [3.8, 4) is 0 Å². The summed E-state index contributed by atoms with van der Waals surface area (Å²) in [4.78, 5) is 14.3. The molecular formula is C11H14F3N3OS. The number of thiazole rings is 1. The highest BCUT2D eigenvalue weighted by atomic mass is 32.1. The van der Waals surface area contributed by atoms with Gasteiger partial charge in [0.15, 0.2) is 5.13 Å². The number of amides is 1. The number of halogens is 3. The Bertz CT molecular complexity index is 484. The van der Waals surface area contributed by atoms with Gasteiger partial charge in [-0.05, 0) is 20.3 Å². The molecule has 1 aliphatic heterocycles. The lowest BCUT2D eigenvalue weighted by Crippen LogP contribution is -2.58. The van der Waals surface area contributed by atoms with E-state index in [0.717, 1.165) is 6.20 Å². The molecule has 4 nitrogen and oxygen atoms in total. The molecule has 1 aliphatic rings. The van der Waals surface area contributed by atoms with E-state index in [0.29, 0.717) is 24.2 Å². The van der Waals surface area contributed by atoms with E-state index in [2.05, 4.69) is 15.6 Å². The molecule has 1 amide bonds. The van der Waals surface area contributed by atoms with E-state index in [1.165, 1.54) is 0 Å². The Morgan fingerprint density at radius 1 is 1.53 bits per heavy atom. The fraction of sp³-hybridized carbons (Fsp3) is 0.636. The third-order valence-corrected chi connectivity index (χ3v) is 4.05. The molecule has 1 atom stereocenters. The van der Waals surface area contributed by atoms with E-state index in [9.17, 15) is 18.0 Å². The summed E-state index contributed by atoms with van der Waals surface area (Å²) >= 11 is 0.575. The number of alkyl halides is 3. The lowest BCUT2D eigenvalue weighted by atomic mass is 9.87. The number of hydrogen-bond donors (Lipinski definition) is 2. The van der Waals surface area contributed by atoms with Gasteiger partial charge < -0.3 is 10.6 Å². The van der Waals surface area contributed by atoms with Crippen LogP contribution in [0.25, 0.3) is 0 Å².